The van der Waals surface area contributed by atoms with E-state index in [4.69, 9.17) is 19.5 Å². The van der Waals surface area contributed by atoms with Crippen LogP contribution < -0.4 is 15.3 Å². The lowest BCUT2D eigenvalue weighted by molar-refractivity contribution is -0.138. The number of nitrogens with two attached hydrogens (primary N) is 1. The van der Waals surface area contributed by atoms with Gasteiger partial charge in [-0.05, 0) is 31.2 Å². The van der Waals surface area contributed by atoms with Crippen LogP contribution in [0.3, 0.4) is 0 Å². The van der Waals surface area contributed by atoms with Crippen molar-refractivity contribution in [2.45, 2.75) is 36.9 Å². The van der Waals surface area contributed by atoms with Gasteiger partial charge in [0.2, 0.25) is 5.60 Å². The highest BCUT2D eigenvalue weighted by atomic mass is 31.2. The van der Waals surface area contributed by atoms with Crippen molar-refractivity contribution in [3.63, 3.8) is 0 Å². The number of rotatable bonds is 9. The van der Waals surface area contributed by atoms with Gasteiger partial charge in [0.15, 0.2) is 5.82 Å². The second-order valence-electron chi connectivity index (χ2n) is 7.99. The zero-order valence-electron chi connectivity index (χ0n) is 18.8. The summed E-state index contributed by atoms with van der Waals surface area (Å²) < 4.78 is 31.3. The molecule has 190 valence electrons. The predicted molar refractivity (Wildman–Crippen MR) is 122 cm³/mol. The quantitative estimate of drug-likeness (QED) is 0.243. The molecule has 6 atom stereocenters. The Labute approximate surface area is 204 Å². The molecule has 0 saturated carbocycles. The van der Waals surface area contributed by atoms with Crippen LogP contribution in [-0.2, 0) is 24.2 Å². The maximum atomic E-state index is 13.4. The van der Waals surface area contributed by atoms with Crippen LogP contribution in [0.25, 0.3) is 5.52 Å². The van der Waals surface area contributed by atoms with Crippen LogP contribution in [-0.4, -0.2) is 66.8 Å². The highest BCUT2D eigenvalue weighted by Crippen LogP contribution is 2.47. The van der Waals surface area contributed by atoms with Gasteiger partial charge in [0.1, 0.15) is 48.0 Å². The highest BCUT2D eigenvalue weighted by Gasteiger charge is 2.58. The molecule has 3 heterocycles. The number of carbonyl (C=O) groups is 1. The lowest BCUT2D eigenvalue weighted by atomic mass is 9.92. The van der Waals surface area contributed by atoms with Gasteiger partial charge in [-0.3, -0.25) is 9.32 Å². The Bertz CT molecular complexity index is 1350. The molecule has 3 aromatic rings. The van der Waals surface area contributed by atoms with E-state index < -0.39 is 50.3 Å². The first-order chi connectivity index (χ1) is 17.1. The number of aliphatic hydroxyl groups is 2. The van der Waals surface area contributed by atoms with E-state index in [0.717, 1.165) is 6.33 Å². The molecule has 0 aliphatic carbocycles. The number of nitrogens with one attached hydrogen (secondary N) is 1. The molecule has 14 nitrogen and oxygen atoms in total. The van der Waals surface area contributed by atoms with Crippen LogP contribution >= 0.6 is 7.75 Å². The Morgan fingerprint density at radius 2 is 2.08 bits per heavy atom. The number of benzene rings is 1. The molecule has 6 N–H and O–H groups in total. The van der Waals surface area contributed by atoms with E-state index in [1.807, 2.05) is 6.07 Å². The lowest BCUT2D eigenvalue weighted by Crippen LogP contribution is -2.41. The molecule has 1 unspecified atom stereocenters. The zero-order valence-corrected chi connectivity index (χ0v) is 19.7. The molecule has 1 saturated heterocycles. The van der Waals surface area contributed by atoms with Gasteiger partial charge in [-0.15, -0.1) is 0 Å². The number of aliphatic hydroxyl groups excluding tert-OH is 2. The largest absolute Gasteiger partial charge is 0.480 e. The molecule has 2 aromatic heterocycles. The third-order valence-electron chi connectivity index (χ3n) is 5.59. The van der Waals surface area contributed by atoms with Gasteiger partial charge in [-0.25, -0.2) is 14.1 Å². The van der Waals surface area contributed by atoms with E-state index >= 15 is 0 Å². The van der Waals surface area contributed by atoms with Crippen LogP contribution in [0.1, 0.15) is 12.6 Å². The summed E-state index contributed by atoms with van der Waals surface area (Å²) in [5.41, 5.74) is 4.17. The van der Waals surface area contributed by atoms with Crippen LogP contribution in [0, 0.1) is 11.3 Å². The monoisotopic (exact) mass is 518 g/mol. The summed E-state index contributed by atoms with van der Waals surface area (Å²) >= 11 is 0. The van der Waals surface area contributed by atoms with Crippen molar-refractivity contribution < 1.29 is 38.5 Å². The molecular formula is C21H23N6O8P. The molecule has 0 bridgehead atoms. The van der Waals surface area contributed by atoms with Crippen molar-refractivity contribution in [1.82, 2.24) is 19.7 Å². The molecular weight excluding hydrogens is 495 g/mol. The molecule has 1 aromatic carbocycles. The molecule has 0 amide bonds. The number of ether oxygens (including phenoxy) is 1. The number of carboxylic acids is 1. The smallest absolute Gasteiger partial charge is 0.459 e. The van der Waals surface area contributed by atoms with E-state index in [0.29, 0.717) is 5.52 Å². The van der Waals surface area contributed by atoms with E-state index in [2.05, 4.69) is 15.2 Å². The Balaban J connectivity index is 1.59. The number of hydrogen-bond donors (Lipinski definition) is 5. The summed E-state index contributed by atoms with van der Waals surface area (Å²) in [4.78, 5) is 15.2. The molecule has 36 heavy (non-hydrogen) atoms. The highest BCUT2D eigenvalue weighted by molar-refractivity contribution is 7.52. The fraction of sp³-hybridized carbons (Fsp3) is 0.333. The third kappa shape index (κ3) is 4.63. The second kappa shape index (κ2) is 9.82. The zero-order chi connectivity index (χ0) is 26.1. The standard InChI is InChI=1S/C21H23N6O8P/c1-12(20(30)31)26-36(32,35-13-5-3-2-4-6-13)33-9-15-17(28)18(29)21(10-22,34-15)16-8-7-14-19(23)24-11-25-27(14)16/h2-8,11-12,15,17-18,28-29H,9H2,1H3,(H,26,32)(H,30,31)(H2,23,24,25)/t12?,15-,17+,18+,21+,36-/m0/s1. The molecule has 15 heteroatoms. The van der Waals surface area contributed by atoms with Gasteiger partial charge in [0.25, 0.3) is 0 Å². The maximum absolute atomic E-state index is 13.4. The normalized spacial score (nSPS) is 26.2. The Kier molecular flexibility index (Phi) is 6.96. The number of hydrogen-bond acceptors (Lipinski definition) is 11. The number of fused-ring (bicyclic) bond motifs is 1. The Hall–Kier alpha value is -3.57. The average Bonchev–Trinajstić information content (AvgIpc) is 3.39. The van der Waals surface area contributed by atoms with Gasteiger partial charge in [-0.2, -0.15) is 15.4 Å². The molecule has 1 aliphatic rings. The number of aliphatic carboxylic acids is 1. The summed E-state index contributed by atoms with van der Waals surface area (Å²) in [5.74, 6) is -1.06. The topological polar surface area (TPSA) is 215 Å². The van der Waals surface area contributed by atoms with Gasteiger partial charge >= 0.3 is 13.7 Å². The number of para-hydroxylation sites is 1. The van der Waals surface area contributed by atoms with Crippen molar-refractivity contribution >= 4 is 25.1 Å². The second-order valence-corrected chi connectivity index (χ2v) is 9.68. The Morgan fingerprint density at radius 3 is 2.75 bits per heavy atom. The van der Waals surface area contributed by atoms with Gasteiger partial charge in [0.05, 0.1) is 12.3 Å². The van der Waals surface area contributed by atoms with Crippen molar-refractivity contribution in [2.24, 2.45) is 0 Å². The van der Waals surface area contributed by atoms with Crippen molar-refractivity contribution in [2.75, 3.05) is 12.3 Å². The van der Waals surface area contributed by atoms with E-state index in [9.17, 15) is 29.9 Å². The average molecular weight is 518 g/mol. The number of nitrogen functional groups attached to an aromatic ring is 1. The van der Waals surface area contributed by atoms with Crippen molar-refractivity contribution in [3.8, 4) is 11.8 Å². The fourth-order valence-corrected chi connectivity index (χ4v) is 5.23. The first-order valence-corrected chi connectivity index (χ1v) is 12.2. The summed E-state index contributed by atoms with van der Waals surface area (Å²) in [6.07, 6.45) is -3.62. The number of nitrogens with zero attached hydrogens (tertiary/aromatic N) is 4. The third-order valence-corrected chi connectivity index (χ3v) is 7.23. The van der Waals surface area contributed by atoms with E-state index in [1.165, 1.54) is 35.7 Å². The van der Waals surface area contributed by atoms with E-state index in [1.54, 1.807) is 18.2 Å². The van der Waals surface area contributed by atoms with Gasteiger partial charge < -0.3 is 30.3 Å². The minimum Gasteiger partial charge on any atom is -0.480 e. The SMILES string of the molecule is CC(N[P@](=O)(OC[C@@H]1O[C@](C#N)(c2ccc3c(N)ncnn23)[C@H](O)[C@@H]1O)Oc1ccccc1)C(=O)O. The molecule has 0 spiro atoms. The van der Waals surface area contributed by atoms with Crippen LogP contribution in [0.4, 0.5) is 5.82 Å². The summed E-state index contributed by atoms with van der Waals surface area (Å²) in [6.45, 7) is 0.606. The number of carboxylic acid groups (broad SMARTS) is 1. The minimum absolute atomic E-state index is 0.0736. The predicted octanol–water partition coefficient (Wildman–Crippen LogP) is 0.417. The van der Waals surface area contributed by atoms with Crippen LogP contribution in [0.5, 0.6) is 5.75 Å². The first kappa shape index (κ1) is 25.5. The van der Waals surface area contributed by atoms with Crippen molar-refractivity contribution in [1.29, 1.82) is 5.26 Å². The van der Waals surface area contributed by atoms with Crippen LogP contribution in [0.2, 0.25) is 0 Å². The number of anilines is 1. The maximum Gasteiger partial charge on any atom is 0.459 e. The molecule has 0 radical (unpaired) electrons. The fourth-order valence-electron chi connectivity index (χ4n) is 3.72. The number of nitriles is 1. The van der Waals surface area contributed by atoms with Gasteiger partial charge in [0, 0.05) is 0 Å². The van der Waals surface area contributed by atoms with Crippen LogP contribution in [0.15, 0.2) is 48.8 Å². The van der Waals surface area contributed by atoms with Crippen molar-refractivity contribution in [3.05, 3.63) is 54.5 Å². The minimum atomic E-state index is -4.33. The summed E-state index contributed by atoms with van der Waals surface area (Å²) in [5, 5.41) is 47.1. The molecule has 1 aliphatic heterocycles. The molecule has 4 rings (SSSR count). The number of aromatic nitrogens is 3. The van der Waals surface area contributed by atoms with E-state index in [-0.39, 0.29) is 17.3 Å². The first-order valence-electron chi connectivity index (χ1n) is 10.6. The Morgan fingerprint density at radius 1 is 1.36 bits per heavy atom. The molecule has 1 fully saturated rings. The summed E-state index contributed by atoms with van der Waals surface area (Å²) in [7, 11) is -4.33. The van der Waals surface area contributed by atoms with Gasteiger partial charge in [-0.1, -0.05) is 18.2 Å². The summed E-state index contributed by atoms with van der Waals surface area (Å²) in [6, 6.07) is 11.4. The lowest BCUT2D eigenvalue weighted by Gasteiger charge is -2.25.